The summed E-state index contributed by atoms with van der Waals surface area (Å²) in [6.45, 7) is 8.97. The minimum atomic E-state index is 0.293. The van der Waals surface area contributed by atoms with Crippen LogP contribution in [-0.2, 0) is 0 Å². The summed E-state index contributed by atoms with van der Waals surface area (Å²) in [6, 6.07) is 0.556. The van der Waals surface area contributed by atoms with Gasteiger partial charge in [-0.3, -0.25) is 9.58 Å². The molecular formula is C10H16BrN3. The van der Waals surface area contributed by atoms with Crippen LogP contribution in [0.4, 0.5) is 0 Å². The average Bonchev–Trinajstić information content (AvgIpc) is 2.28. The van der Waals surface area contributed by atoms with Crippen LogP contribution in [0, 0.1) is 0 Å². The Morgan fingerprint density at radius 1 is 1.43 bits per heavy atom. The SMILES string of the molecule is CC(C)(C)N1CC(n2cc(Br)cn2)C1. The first kappa shape index (κ1) is 10.2. The summed E-state index contributed by atoms with van der Waals surface area (Å²) in [5.74, 6) is 0. The van der Waals surface area contributed by atoms with Crippen LogP contribution in [0.2, 0.25) is 0 Å². The Morgan fingerprint density at radius 2 is 2.07 bits per heavy atom. The standard InChI is InChI=1S/C10H16BrN3/c1-10(2,3)13-6-9(7-13)14-5-8(11)4-12-14/h4-5,9H,6-7H2,1-3H3. The first-order chi connectivity index (χ1) is 6.47. The number of rotatable bonds is 1. The maximum Gasteiger partial charge on any atom is 0.0773 e. The minimum absolute atomic E-state index is 0.293. The molecule has 14 heavy (non-hydrogen) atoms. The molecule has 0 radical (unpaired) electrons. The fourth-order valence-corrected chi connectivity index (χ4v) is 1.99. The number of nitrogens with zero attached hydrogens (tertiary/aromatic N) is 3. The summed E-state index contributed by atoms with van der Waals surface area (Å²) in [5.41, 5.74) is 0.293. The van der Waals surface area contributed by atoms with Crippen molar-refractivity contribution in [2.75, 3.05) is 13.1 Å². The topological polar surface area (TPSA) is 21.1 Å². The summed E-state index contributed by atoms with van der Waals surface area (Å²) >= 11 is 3.41. The van der Waals surface area contributed by atoms with Crippen LogP contribution in [-0.4, -0.2) is 33.3 Å². The Hall–Kier alpha value is -0.350. The predicted octanol–water partition coefficient (Wildman–Crippen LogP) is 2.30. The molecule has 1 aromatic heterocycles. The van der Waals surface area contributed by atoms with Gasteiger partial charge in [0.15, 0.2) is 0 Å². The molecule has 1 aliphatic heterocycles. The van der Waals surface area contributed by atoms with Crippen molar-refractivity contribution in [1.29, 1.82) is 0 Å². The lowest BCUT2D eigenvalue weighted by atomic mass is 9.98. The molecule has 0 aliphatic carbocycles. The maximum atomic E-state index is 4.30. The molecule has 1 saturated heterocycles. The number of halogens is 1. The Kier molecular flexibility index (Phi) is 2.43. The average molecular weight is 258 g/mol. The third kappa shape index (κ3) is 1.86. The van der Waals surface area contributed by atoms with E-state index in [0.29, 0.717) is 11.6 Å². The fourth-order valence-electron chi connectivity index (χ4n) is 1.68. The molecule has 0 amide bonds. The van der Waals surface area contributed by atoms with E-state index in [1.807, 2.05) is 17.1 Å². The molecule has 2 heterocycles. The molecule has 0 aromatic carbocycles. The molecular weight excluding hydrogens is 242 g/mol. The molecule has 0 N–H and O–H groups in total. The van der Waals surface area contributed by atoms with E-state index in [0.717, 1.165) is 17.6 Å². The second-order valence-electron chi connectivity index (χ2n) is 4.87. The van der Waals surface area contributed by atoms with E-state index in [4.69, 9.17) is 0 Å². The van der Waals surface area contributed by atoms with E-state index in [1.165, 1.54) is 0 Å². The molecule has 3 nitrogen and oxygen atoms in total. The zero-order valence-electron chi connectivity index (χ0n) is 8.87. The zero-order valence-corrected chi connectivity index (χ0v) is 10.5. The van der Waals surface area contributed by atoms with Crippen molar-refractivity contribution in [2.45, 2.75) is 32.4 Å². The third-order valence-corrected chi connectivity index (χ3v) is 3.16. The Labute approximate surface area is 93.2 Å². The second kappa shape index (κ2) is 3.35. The molecule has 1 fully saturated rings. The molecule has 4 heteroatoms. The molecule has 78 valence electrons. The quantitative estimate of drug-likeness (QED) is 0.770. The fraction of sp³-hybridized carbons (Fsp3) is 0.700. The van der Waals surface area contributed by atoms with Gasteiger partial charge < -0.3 is 0 Å². The highest BCUT2D eigenvalue weighted by Gasteiger charge is 2.35. The number of likely N-dealkylation sites (tertiary alicyclic amines) is 1. The van der Waals surface area contributed by atoms with Gasteiger partial charge in [0, 0.05) is 24.8 Å². The molecule has 0 spiro atoms. The van der Waals surface area contributed by atoms with E-state index in [1.54, 1.807) is 0 Å². The van der Waals surface area contributed by atoms with Crippen molar-refractivity contribution in [3.63, 3.8) is 0 Å². The van der Waals surface area contributed by atoms with Crippen molar-refractivity contribution >= 4 is 15.9 Å². The summed E-state index contributed by atoms with van der Waals surface area (Å²) in [6.07, 6.45) is 3.89. The van der Waals surface area contributed by atoms with Gasteiger partial charge in [0.25, 0.3) is 0 Å². The van der Waals surface area contributed by atoms with E-state index >= 15 is 0 Å². The van der Waals surface area contributed by atoms with E-state index in [-0.39, 0.29) is 0 Å². The van der Waals surface area contributed by atoms with Crippen molar-refractivity contribution in [2.24, 2.45) is 0 Å². The number of hydrogen-bond donors (Lipinski definition) is 0. The summed E-state index contributed by atoms with van der Waals surface area (Å²) in [4.78, 5) is 2.47. The normalized spacial score (nSPS) is 19.7. The van der Waals surface area contributed by atoms with Crippen molar-refractivity contribution < 1.29 is 0 Å². The van der Waals surface area contributed by atoms with Crippen molar-refractivity contribution in [1.82, 2.24) is 14.7 Å². The van der Waals surface area contributed by atoms with Gasteiger partial charge in [-0.15, -0.1) is 0 Å². The highest BCUT2D eigenvalue weighted by Crippen LogP contribution is 2.28. The Balaban J connectivity index is 1.95. The van der Waals surface area contributed by atoms with Crippen LogP contribution in [0.3, 0.4) is 0 Å². The monoisotopic (exact) mass is 257 g/mol. The Morgan fingerprint density at radius 3 is 2.50 bits per heavy atom. The molecule has 1 aliphatic rings. The Bertz CT molecular complexity index is 320. The predicted molar refractivity (Wildman–Crippen MR) is 60.3 cm³/mol. The second-order valence-corrected chi connectivity index (χ2v) is 5.78. The summed E-state index contributed by atoms with van der Waals surface area (Å²) in [7, 11) is 0. The van der Waals surface area contributed by atoms with Crippen LogP contribution in [0.15, 0.2) is 16.9 Å². The van der Waals surface area contributed by atoms with Gasteiger partial charge in [0.2, 0.25) is 0 Å². The molecule has 0 unspecified atom stereocenters. The summed E-state index contributed by atoms with van der Waals surface area (Å²) in [5, 5.41) is 4.30. The van der Waals surface area contributed by atoms with E-state index in [2.05, 4.69) is 46.7 Å². The van der Waals surface area contributed by atoms with E-state index in [9.17, 15) is 0 Å². The van der Waals surface area contributed by atoms with Crippen LogP contribution >= 0.6 is 15.9 Å². The van der Waals surface area contributed by atoms with Crippen LogP contribution in [0.5, 0.6) is 0 Å². The van der Waals surface area contributed by atoms with Gasteiger partial charge in [0.1, 0.15) is 0 Å². The highest BCUT2D eigenvalue weighted by molar-refractivity contribution is 9.10. The largest absolute Gasteiger partial charge is 0.294 e. The van der Waals surface area contributed by atoms with Crippen LogP contribution in [0.25, 0.3) is 0 Å². The van der Waals surface area contributed by atoms with Gasteiger partial charge >= 0.3 is 0 Å². The van der Waals surface area contributed by atoms with Gasteiger partial charge in [-0.05, 0) is 36.7 Å². The van der Waals surface area contributed by atoms with Gasteiger partial charge in [-0.2, -0.15) is 5.10 Å². The van der Waals surface area contributed by atoms with E-state index < -0.39 is 0 Å². The molecule has 2 rings (SSSR count). The van der Waals surface area contributed by atoms with Crippen molar-refractivity contribution in [3.05, 3.63) is 16.9 Å². The lowest BCUT2D eigenvalue weighted by Crippen LogP contribution is -2.56. The summed E-state index contributed by atoms with van der Waals surface area (Å²) < 4.78 is 3.11. The third-order valence-electron chi connectivity index (χ3n) is 2.76. The molecule has 1 aromatic rings. The lowest BCUT2D eigenvalue weighted by Gasteiger charge is -2.47. The smallest absolute Gasteiger partial charge is 0.0773 e. The number of hydrogen-bond acceptors (Lipinski definition) is 2. The first-order valence-electron chi connectivity index (χ1n) is 4.91. The number of aromatic nitrogens is 2. The van der Waals surface area contributed by atoms with Gasteiger partial charge in [-0.1, -0.05) is 0 Å². The molecule has 0 bridgehead atoms. The first-order valence-corrected chi connectivity index (χ1v) is 5.71. The zero-order chi connectivity index (χ0) is 10.3. The minimum Gasteiger partial charge on any atom is -0.294 e. The molecule has 0 saturated carbocycles. The molecule has 0 atom stereocenters. The van der Waals surface area contributed by atoms with Gasteiger partial charge in [0.05, 0.1) is 16.7 Å². The van der Waals surface area contributed by atoms with Crippen LogP contribution < -0.4 is 0 Å². The van der Waals surface area contributed by atoms with Crippen molar-refractivity contribution in [3.8, 4) is 0 Å². The van der Waals surface area contributed by atoms with Crippen LogP contribution in [0.1, 0.15) is 26.8 Å². The highest BCUT2D eigenvalue weighted by atomic mass is 79.9. The lowest BCUT2D eigenvalue weighted by molar-refractivity contribution is 0.0155. The van der Waals surface area contributed by atoms with Gasteiger partial charge in [-0.25, -0.2) is 0 Å². The maximum absolute atomic E-state index is 4.30.